The van der Waals surface area contributed by atoms with E-state index in [0.29, 0.717) is 13.2 Å². The second-order valence-corrected chi connectivity index (χ2v) is 9.02. The molecule has 29 heavy (non-hydrogen) atoms. The van der Waals surface area contributed by atoms with E-state index in [1.54, 1.807) is 0 Å². The van der Waals surface area contributed by atoms with Gasteiger partial charge in [-0.25, -0.2) is 0 Å². The van der Waals surface area contributed by atoms with E-state index < -0.39 is 17.9 Å². The van der Waals surface area contributed by atoms with Gasteiger partial charge in [-0.05, 0) is 59.2 Å². The van der Waals surface area contributed by atoms with E-state index in [1.165, 1.54) is 0 Å². The van der Waals surface area contributed by atoms with E-state index >= 15 is 0 Å². The lowest BCUT2D eigenvalue weighted by Crippen LogP contribution is -2.44. The maximum absolute atomic E-state index is 6.30. The number of benzene rings is 1. The molecule has 7 heteroatoms. The van der Waals surface area contributed by atoms with Gasteiger partial charge in [0, 0.05) is 0 Å². The summed E-state index contributed by atoms with van der Waals surface area (Å²) < 4.78 is 41.9. The predicted octanol–water partition coefficient (Wildman–Crippen LogP) is 3.39. The number of hydrogen-bond donors (Lipinski definition) is 0. The molecule has 162 valence electrons. The molecule has 3 saturated heterocycles. The quantitative estimate of drug-likeness (QED) is 0.715. The molecule has 0 unspecified atom stereocenters. The van der Waals surface area contributed by atoms with E-state index in [4.69, 9.17) is 33.2 Å². The minimum Gasteiger partial charge on any atom is -0.491 e. The summed E-state index contributed by atoms with van der Waals surface area (Å²) in [5, 5.41) is 0. The van der Waals surface area contributed by atoms with Crippen LogP contribution >= 0.6 is 0 Å². The van der Waals surface area contributed by atoms with Gasteiger partial charge in [0.2, 0.25) is 0 Å². The zero-order chi connectivity index (χ0) is 20.8. The van der Waals surface area contributed by atoms with Gasteiger partial charge in [0.1, 0.15) is 30.2 Å². The summed E-state index contributed by atoms with van der Waals surface area (Å²) in [7, 11) is 0. The van der Waals surface area contributed by atoms with Crippen LogP contribution in [0.15, 0.2) is 24.3 Å². The van der Waals surface area contributed by atoms with Crippen molar-refractivity contribution in [3.05, 3.63) is 29.8 Å². The summed E-state index contributed by atoms with van der Waals surface area (Å²) in [6.45, 7) is 12.5. The molecule has 0 saturated carbocycles. The first-order valence-electron chi connectivity index (χ1n) is 10.3. The number of hydrogen-bond acceptors (Lipinski definition) is 7. The molecule has 0 aliphatic carbocycles. The third-order valence-electron chi connectivity index (χ3n) is 5.16. The van der Waals surface area contributed by atoms with Crippen LogP contribution < -0.4 is 4.74 Å². The van der Waals surface area contributed by atoms with Crippen molar-refractivity contribution in [2.75, 3.05) is 6.61 Å². The highest BCUT2D eigenvalue weighted by atomic mass is 16.8. The third kappa shape index (κ3) is 4.76. The summed E-state index contributed by atoms with van der Waals surface area (Å²) in [5.74, 6) is -0.494. The molecule has 3 heterocycles. The Morgan fingerprint density at radius 2 is 1.69 bits per heavy atom. The van der Waals surface area contributed by atoms with Gasteiger partial charge in [0.05, 0.1) is 19.3 Å². The molecule has 0 amide bonds. The molecule has 3 aliphatic rings. The Balaban J connectivity index is 1.44. The van der Waals surface area contributed by atoms with Crippen LogP contribution in [-0.4, -0.2) is 55.0 Å². The molecular weight excluding hydrogens is 376 g/mol. The van der Waals surface area contributed by atoms with Gasteiger partial charge in [-0.15, -0.1) is 0 Å². The molecule has 3 fully saturated rings. The zero-order valence-corrected chi connectivity index (χ0v) is 18.0. The summed E-state index contributed by atoms with van der Waals surface area (Å²) in [5.41, 5.74) is 1.05. The highest BCUT2D eigenvalue weighted by Gasteiger charge is 2.58. The largest absolute Gasteiger partial charge is 0.491 e. The van der Waals surface area contributed by atoms with Gasteiger partial charge in [0.15, 0.2) is 17.9 Å². The van der Waals surface area contributed by atoms with Crippen LogP contribution in [0.5, 0.6) is 5.75 Å². The van der Waals surface area contributed by atoms with Crippen molar-refractivity contribution in [2.24, 2.45) is 0 Å². The molecule has 0 radical (unpaired) electrons. The molecule has 3 aliphatic heterocycles. The van der Waals surface area contributed by atoms with Crippen LogP contribution in [0.3, 0.4) is 0 Å². The van der Waals surface area contributed by atoms with Gasteiger partial charge in [-0.2, -0.15) is 0 Å². The van der Waals surface area contributed by atoms with E-state index in [2.05, 4.69) is 0 Å². The lowest BCUT2D eigenvalue weighted by molar-refractivity contribution is -0.236. The highest BCUT2D eigenvalue weighted by Crippen LogP contribution is 2.42. The smallest absolute Gasteiger partial charge is 0.190 e. The van der Waals surface area contributed by atoms with Gasteiger partial charge in [-0.1, -0.05) is 12.1 Å². The first-order chi connectivity index (χ1) is 13.6. The van der Waals surface area contributed by atoms with Gasteiger partial charge in [0.25, 0.3) is 0 Å². The van der Waals surface area contributed by atoms with E-state index in [1.807, 2.05) is 65.8 Å². The summed E-state index contributed by atoms with van der Waals surface area (Å²) >= 11 is 0. The number of fused-ring (bicyclic) bond motifs is 1. The standard InChI is InChI=1S/C22H32O7/c1-13(2)25-15-9-7-14(8-10-15)11-23-18-17(16-12-24-21(3,4)27-16)26-20-19(18)28-22(5,6)29-20/h7-10,13,16-20H,11-12H2,1-6H3/t16-,17-,18+,19+,20+/m0/s1. The average molecular weight is 408 g/mol. The Bertz CT molecular complexity index is 700. The number of rotatable bonds is 6. The van der Waals surface area contributed by atoms with E-state index in [9.17, 15) is 0 Å². The highest BCUT2D eigenvalue weighted by molar-refractivity contribution is 5.27. The maximum atomic E-state index is 6.30. The zero-order valence-electron chi connectivity index (χ0n) is 18.0. The average Bonchev–Trinajstić information content (AvgIpc) is 3.23. The Morgan fingerprint density at radius 3 is 2.31 bits per heavy atom. The Kier molecular flexibility index (Phi) is 5.65. The molecule has 0 bridgehead atoms. The predicted molar refractivity (Wildman–Crippen MR) is 104 cm³/mol. The molecule has 7 nitrogen and oxygen atoms in total. The molecule has 4 rings (SSSR count). The van der Waals surface area contributed by atoms with Crippen molar-refractivity contribution in [2.45, 2.75) is 96.5 Å². The normalized spacial score (nSPS) is 35.2. The maximum Gasteiger partial charge on any atom is 0.190 e. The second-order valence-electron chi connectivity index (χ2n) is 9.02. The van der Waals surface area contributed by atoms with Crippen LogP contribution in [0.1, 0.15) is 47.1 Å². The summed E-state index contributed by atoms with van der Waals surface area (Å²) in [6.07, 6.45) is -1.54. The van der Waals surface area contributed by atoms with Crippen molar-refractivity contribution >= 4 is 0 Å². The molecule has 0 spiro atoms. The first-order valence-corrected chi connectivity index (χ1v) is 10.3. The lowest BCUT2D eigenvalue weighted by atomic mass is 10.1. The minimum atomic E-state index is -0.704. The van der Waals surface area contributed by atoms with Gasteiger partial charge in [-0.3, -0.25) is 0 Å². The number of ether oxygens (including phenoxy) is 7. The topological polar surface area (TPSA) is 64.6 Å². The van der Waals surface area contributed by atoms with Crippen molar-refractivity contribution in [3.8, 4) is 5.75 Å². The van der Waals surface area contributed by atoms with Crippen LogP contribution in [0.25, 0.3) is 0 Å². The fraction of sp³-hybridized carbons (Fsp3) is 0.727. The second kappa shape index (κ2) is 7.80. The fourth-order valence-electron chi connectivity index (χ4n) is 4.00. The Morgan fingerprint density at radius 1 is 0.966 bits per heavy atom. The van der Waals surface area contributed by atoms with Crippen LogP contribution in [0.4, 0.5) is 0 Å². The van der Waals surface area contributed by atoms with Gasteiger partial charge >= 0.3 is 0 Å². The van der Waals surface area contributed by atoms with Crippen molar-refractivity contribution in [3.63, 3.8) is 0 Å². The van der Waals surface area contributed by atoms with Gasteiger partial charge < -0.3 is 33.2 Å². The van der Waals surface area contributed by atoms with E-state index in [-0.39, 0.29) is 30.5 Å². The first kappa shape index (κ1) is 21.0. The lowest BCUT2D eigenvalue weighted by Gasteiger charge is -2.29. The molecule has 1 aromatic carbocycles. The van der Waals surface area contributed by atoms with Crippen molar-refractivity contribution in [1.82, 2.24) is 0 Å². The van der Waals surface area contributed by atoms with Crippen molar-refractivity contribution in [1.29, 1.82) is 0 Å². The van der Waals surface area contributed by atoms with Crippen molar-refractivity contribution < 1.29 is 33.2 Å². The molecule has 0 N–H and O–H groups in total. The summed E-state index contributed by atoms with van der Waals surface area (Å²) in [6, 6.07) is 7.93. The monoisotopic (exact) mass is 408 g/mol. The van der Waals surface area contributed by atoms with Crippen LogP contribution in [0.2, 0.25) is 0 Å². The Labute approximate surface area is 172 Å². The van der Waals surface area contributed by atoms with E-state index in [0.717, 1.165) is 11.3 Å². The molecule has 0 aromatic heterocycles. The van der Waals surface area contributed by atoms with Crippen LogP contribution in [0, 0.1) is 0 Å². The minimum absolute atomic E-state index is 0.145. The third-order valence-corrected chi connectivity index (χ3v) is 5.16. The SMILES string of the molecule is CC(C)Oc1ccc(CO[C@@H]2[C@H]([C@@H]3COC(C)(C)O3)O[C@@H]3OC(C)(C)O[C@@H]32)cc1. The fourth-order valence-corrected chi connectivity index (χ4v) is 4.00. The molecule has 1 aromatic rings. The molecular formula is C22H32O7. The molecule has 5 atom stereocenters. The summed E-state index contributed by atoms with van der Waals surface area (Å²) in [4.78, 5) is 0. The Hall–Kier alpha value is -1.22. The van der Waals surface area contributed by atoms with Crippen LogP contribution in [-0.2, 0) is 35.0 Å².